The number of ether oxygens (including phenoxy) is 1. The topological polar surface area (TPSA) is 35.2 Å². The molecular weight excluding hydrogens is 322 g/mol. The highest BCUT2D eigenvalue weighted by Crippen LogP contribution is 2.49. The van der Waals surface area contributed by atoms with Crippen molar-refractivity contribution in [2.45, 2.75) is 19.3 Å². The van der Waals surface area contributed by atoms with Crippen LogP contribution in [0.1, 0.15) is 19.3 Å². The molecule has 0 radical (unpaired) electrons. The van der Waals surface area contributed by atoms with Gasteiger partial charge in [-0.05, 0) is 47.0 Å². The van der Waals surface area contributed by atoms with E-state index < -0.39 is 0 Å². The summed E-state index contributed by atoms with van der Waals surface area (Å²) in [5.74, 6) is 0.809. The average molecular weight is 335 g/mol. The summed E-state index contributed by atoms with van der Waals surface area (Å²) in [6.07, 6.45) is 3.04. The molecule has 0 atom stereocenters. The van der Waals surface area contributed by atoms with E-state index in [0.717, 1.165) is 29.5 Å². The summed E-state index contributed by atoms with van der Waals surface area (Å²) >= 11 is 14.2. The molecule has 0 amide bonds. The van der Waals surface area contributed by atoms with Gasteiger partial charge in [0.1, 0.15) is 5.75 Å². The van der Waals surface area contributed by atoms with Crippen LogP contribution in [-0.4, -0.2) is 11.6 Å². The summed E-state index contributed by atoms with van der Waals surface area (Å²) < 4.78 is 6.67. The second-order valence-corrected chi connectivity index (χ2v) is 6.32. The van der Waals surface area contributed by atoms with Crippen LogP contribution in [0, 0.1) is 5.41 Å². The van der Waals surface area contributed by atoms with Gasteiger partial charge in [-0.15, -0.1) is 0 Å². The summed E-state index contributed by atoms with van der Waals surface area (Å²) in [5, 5.41) is 0.688. The second kappa shape index (κ2) is 5.12. The van der Waals surface area contributed by atoms with Crippen molar-refractivity contribution in [2.24, 2.45) is 11.1 Å². The normalized spacial score (nSPS) is 16.6. The molecule has 0 bridgehead atoms. The Morgan fingerprint density at radius 1 is 1.53 bits per heavy atom. The van der Waals surface area contributed by atoms with Gasteiger partial charge >= 0.3 is 0 Å². The van der Waals surface area contributed by atoms with E-state index in [4.69, 9.17) is 34.3 Å². The molecule has 0 spiro atoms. The third kappa shape index (κ3) is 3.57. The Kier molecular flexibility index (Phi) is 3.95. The zero-order valence-electron chi connectivity index (χ0n) is 9.21. The summed E-state index contributed by atoms with van der Waals surface area (Å²) in [6, 6.07) is 5.50. The molecule has 1 aromatic rings. The third-order valence-electron chi connectivity index (χ3n) is 2.93. The molecule has 0 heterocycles. The third-order valence-corrected chi connectivity index (χ3v) is 3.93. The lowest BCUT2D eigenvalue weighted by atomic mass is 10.0. The number of halogens is 2. The maximum atomic E-state index is 5.87. The van der Waals surface area contributed by atoms with Crippen LogP contribution in [0.4, 0.5) is 0 Å². The van der Waals surface area contributed by atoms with Crippen molar-refractivity contribution in [2.75, 3.05) is 6.61 Å². The number of hydrogen-bond donors (Lipinski definition) is 1. The minimum Gasteiger partial charge on any atom is -0.492 e. The van der Waals surface area contributed by atoms with Gasteiger partial charge in [0, 0.05) is 16.9 Å². The molecule has 1 fully saturated rings. The molecule has 1 aromatic carbocycles. The standard InChI is InChI=1S/C12H13BrClNOS/c13-9-5-8(14)1-2-10(9)16-7-12(3-4-12)6-11(15)17/h1-2,5H,3-4,6-7H2,(H2,15,17). The SMILES string of the molecule is NC(=S)CC1(COc2ccc(Cl)cc2Br)CC1. The van der Waals surface area contributed by atoms with Crippen LogP contribution in [0.3, 0.4) is 0 Å². The molecule has 1 aliphatic carbocycles. The minimum atomic E-state index is 0.172. The number of rotatable bonds is 5. The van der Waals surface area contributed by atoms with Gasteiger partial charge in [0.2, 0.25) is 0 Å². The fraction of sp³-hybridized carbons (Fsp3) is 0.417. The highest BCUT2D eigenvalue weighted by Gasteiger charge is 2.43. The Morgan fingerprint density at radius 2 is 2.24 bits per heavy atom. The first-order valence-electron chi connectivity index (χ1n) is 5.37. The van der Waals surface area contributed by atoms with Gasteiger partial charge in [-0.2, -0.15) is 0 Å². The zero-order valence-corrected chi connectivity index (χ0v) is 12.4. The monoisotopic (exact) mass is 333 g/mol. The molecule has 1 aliphatic rings. The van der Waals surface area contributed by atoms with Crippen molar-refractivity contribution in [3.63, 3.8) is 0 Å². The summed E-state index contributed by atoms with van der Waals surface area (Å²) in [4.78, 5) is 0.571. The largest absolute Gasteiger partial charge is 0.492 e. The summed E-state index contributed by atoms with van der Waals surface area (Å²) in [5.41, 5.74) is 5.76. The van der Waals surface area contributed by atoms with Crippen molar-refractivity contribution >= 4 is 44.7 Å². The van der Waals surface area contributed by atoms with Gasteiger partial charge in [-0.1, -0.05) is 23.8 Å². The van der Waals surface area contributed by atoms with Crippen molar-refractivity contribution in [1.29, 1.82) is 0 Å². The first-order chi connectivity index (χ1) is 8.01. The molecule has 92 valence electrons. The van der Waals surface area contributed by atoms with E-state index in [2.05, 4.69) is 15.9 Å². The van der Waals surface area contributed by atoms with E-state index in [9.17, 15) is 0 Å². The van der Waals surface area contributed by atoms with Crippen LogP contribution in [-0.2, 0) is 0 Å². The molecule has 0 unspecified atom stereocenters. The Balaban J connectivity index is 1.96. The van der Waals surface area contributed by atoms with E-state index in [1.807, 2.05) is 18.2 Å². The van der Waals surface area contributed by atoms with Crippen molar-refractivity contribution in [3.8, 4) is 5.75 Å². The summed E-state index contributed by atoms with van der Waals surface area (Å²) in [7, 11) is 0. The maximum Gasteiger partial charge on any atom is 0.133 e. The second-order valence-electron chi connectivity index (χ2n) is 4.51. The Morgan fingerprint density at radius 3 is 2.76 bits per heavy atom. The molecule has 17 heavy (non-hydrogen) atoms. The van der Waals surface area contributed by atoms with Gasteiger partial charge in [0.25, 0.3) is 0 Å². The van der Waals surface area contributed by atoms with Crippen LogP contribution in [0.2, 0.25) is 5.02 Å². The smallest absolute Gasteiger partial charge is 0.133 e. The molecule has 1 saturated carbocycles. The van der Waals surface area contributed by atoms with Crippen molar-refractivity contribution < 1.29 is 4.74 Å². The fourth-order valence-electron chi connectivity index (χ4n) is 1.74. The lowest BCUT2D eigenvalue weighted by molar-refractivity contribution is 0.238. The molecule has 2 N–H and O–H groups in total. The van der Waals surface area contributed by atoms with Gasteiger partial charge in [-0.3, -0.25) is 0 Å². The average Bonchev–Trinajstić information content (AvgIpc) is 2.96. The van der Waals surface area contributed by atoms with E-state index in [-0.39, 0.29) is 5.41 Å². The number of thiocarbonyl (C=S) groups is 1. The predicted octanol–water partition coefficient (Wildman–Crippen LogP) is 3.94. The van der Waals surface area contributed by atoms with Crippen molar-refractivity contribution in [3.05, 3.63) is 27.7 Å². The highest BCUT2D eigenvalue weighted by atomic mass is 79.9. The van der Waals surface area contributed by atoms with E-state index >= 15 is 0 Å². The van der Waals surface area contributed by atoms with Gasteiger partial charge in [0.05, 0.1) is 16.1 Å². The lowest BCUT2D eigenvalue weighted by Gasteiger charge is -2.16. The number of nitrogens with two attached hydrogens (primary N) is 1. The van der Waals surface area contributed by atoms with Crippen LogP contribution >= 0.6 is 39.7 Å². The van der Waals surface area contributed by atoms with Crippen LogP contribution in [0.25, 0.3) is 0 Å². The summed E-state index contributed by atoms with van der Waals surface area (Å²) in [6.45, 7) is 0.657. The van der Waals surface area contributed by atoms with E-state index in [1.54, 1.807) is 0 Å². The van der Waals surface area contributed by atoms with Gasteiger partial charge in [-0.25, -0.2) is 0 Å². The van der Waals surface area contributed by atoms with Crippen molar-refractivity contribution in [1.82, 2.24) is 0 Å². The number of hydrogen-bond acceptors (Lipinski definition) is 2. The molecule has 0 aromatic heterocycles. The Bertz CT molecular complexity index is 448. The highest BCUT2D eigenvalue weighted by molar-refractivity contribution is 9.10. The van der Waals surface area contributed by atoms with E-state index in [0.29, 0.717) is 16.6 Å². The molecule has 5 heteroatoms. The maximum absolute atomic E-state index is 5.87. The van der Waals surface area contributed by atoms with Gasteiger partial charge in [0.15, 0.2) is 0 Å². The zero-order chi connectivity index (χ0) is 12.5. The molecule has 2 nitrogen and oxygen atoms in total. The van der Waals surface area contributed by atoms with Crippen LogP contribution in [0.15, 0.2) is 22.7 Å². The quantitative estimate of drug-likeness (QED) is 0.828. The van der Waals surface area contributed by atoms with Gasteiger partial charge < -0.3 is 10.5 Å². The lowest BCUT2D eigenvalue weighted by Crippen LogP contribution is -2.21. The number of benzene rings is 1. The first kappa shape index (κ1) is 13.1. The van der Waals surface area contributed by atoms with E-state index in [1.165, 1.54) is 0 Å². The minimum absolute atomic E-state index is 0.172. The van der Waals surface area contributed by atoms with Crippen LogP contribution in [0.5, 0.6) is 5.75 Å². The molecular formula is C12H13BrClNOS. The Hall–Kier alpha value is -0.320. The first-order valence-corrected chi connectivity index (χ1v) is 6.95. The predicted molar refractivity (Wildman–Crippen MR) is 77.7 cm³/mol. The van der Waals surface area contributed by atoms with Crippen LogP contribution < -0.4 is 10.5 Å². The fourth-order valence-corrected chi connectivity index (χ4v) is 2.84. The molecule has 0 aliphatic heterocycles. The molecule has 2 rings (SSSR count). The Labute approximate surface area is 120 Å². The molecule has 0 saturated heterocycles.